The summed E-state index contributed by atoms with van der Waals surface area (Å²) >= 11 is 0. The van der Waals surface area contributed by atoms with Crippen molar-refractivity contribution >= 4 is 23.4 Å². The van der Waals surface area contributed by atoms with Gasteiger partial charge in [0.1, 0.15) is 0 Å². The third-order valence-corrected chi connectivity index (χ3v) is 5.06. The molecule has 0 radical (unpaired) electrons. The molecule has 2 atom stereocenters. The van der Waals surface area contributed by atoms with Crippen LogP contribution < -0.4 is 4.90 Å². The largest absolute Gasteiger partial charge is 0.481 e. The smallest absolute Gasteiger partial charge is 0.339 e. The number of hydrogen-bond donors (Lipinski definition) is 1. The van der Waals surface area contributed by atoms with Crippen molar-refractivity contribution in [2.24, 2.45) is 11.3 Å². The van der Waals surface area contributed by atoms with E-state index in [1.807, 2.05) is 0 Å². The lowest BCUT2D eigenvalue weighted by atomic mass is 9.81. The summed E-state index contributed by atoms with van der Waals surface area (Å²) in [7, 11) is 1.18. The van der Waals surface area contributed by atoms with Gasteiger partial charge in [0, 0.05) is 25.4 Å². The minimum absolute atomic E-state index is 0.0136. The Morgan fingerprint density at radius 2 is 2.29 bits per heavy atom. The maximum Gasteiger partial charge on any atom is 0.339 e. The van der Waals surface area contributed by atoms with E-state index in [2.05, 4.69) is 9.72 Å². The molecule has 2 aliphatic rings. The van der Waals surface area contributed by atoms with Crippen LogP contribution in [0.15, 0.2) is 12.3 Å². The van der Waals surface area contributed by atoms with Crippen LogP contribution in [0.1, 0.15) is 29.6 Å². The van der Waals surface area contributed by atoms with Crippen molar-refractivity contribution in [3.63, 3.8) is 0 Å². The number of esters is 1. The summed E-state index contributed by atoms with van der Waals surface area (Å²) in [5, 5.41) is 21.0. The third-order valence-electron chi connectivity index (χ3n) is 5.06. The molecule has 1 aliphatic heterocycles. The lowest BCUT2D eigenvalue weighted by molar-refractivity contribution is -0.384. The van der Waals surface area contributed by atoms with Crippen LogP contribution in [0.2, 0.25) is 0 Å². The second-order valence-corrected chi connectivity index (χ2v) is 6.25. The SMILES string of the molecule is COC(=O)c1cnc(N2C[C@@H]3CCC[C@@]3(C(=O)O)C2)c([N+](=O)[O-])c1. The number of fused-ring (bicyclic) bond motifs is 1. The number of rotatable bonds is 4. The van der Waals surface area contributed by atoms with Crippen LogP contribution in [0.25, 0.3) is 0 Å². The lowest BCUT2D eigenvalue weighted by Crippen LogP contribution is -2.36. The van der Waals surface area contributed by atoms with Gasteiger partial charge in [-0.15, -0.1) is 0 Å². The molecule has 1 N–H and O–H groups in total. The predicted molar refractivity (Wildman–Crippen MR) is 81.9 cm³/mol. The topological polar surface area (TPSA) is 123 Å². The number of ether oxygens (including phenoxy) is 1. The third kappa shape index (κ3) is 2.36. The van der Waals surface area contributed by atoms with Crippen molar-refractivity contribution < 1.29 is 24.4 Å². The average molecular weight is 335 g/mol. The fourth-order valence-corrected chi connectivity index (χ4v) is 3.85. The summed E-state index contributed by atoms with van der Waals surface area (Å²) in [5.74, 6) is -1.52. The minimum Gasteiger partial charge on any atom is -0.481 e. The maximum atomic E-state index is 11.7. The summed E-state index contributed by atoms with van der Waals surface area (Å²) in [4.78, 5) is 39.8. The molecule has 9 nitrogen and oxygen atoms in total. The van der Waals surface area contributed by atoms with Gasteiger partial charge in [-0.05, 0) is 18.8 Å². The highest BCUT2D eigenvalue weighted by Crippen LogP contribution is 2.50. The number of carboxylic acids is 1. The molecular formula is C15H17N3O6. The molecule has 0 amide bonds. The highest BCUT2D eigenvalue weighted by atomic mass is 16.6. The van der Waals surface area contributed by atoms with E-state index in [1.165, 1.54) is 13.3 Å². The van der Waals surface area contributed by atoms with E-state index in [0.29, 0.717) is 13.0 Å². The van der Waals surface area contributed by atoms with E-state index < -0.39 is 22.3 Å². The molecular weight excluding hydrogens is 318 g/mol. The van der Waals surface area contributed by atoms with Crippen LogP contribution in [0.3, 0.4) is 0 Å². The molecule has 0 unspecified atom stereocenters. The van der Waals surface area contributed by atoms with Gasteiger partial charge in [0.2, 0.25) is 5.82 Å². The molecule has 128 valence electrons. The monoisotopic (exact) mass is 335 g/mol. The standard InChI is InChI=1S/C15H17N3O6/c1-24-13(19)9-5-11(18(22)23)12(16-6-9)17-7-10-3-2-4-15(10,8-17)14(20)21/h5-6,10H,2-4,7-8H2,1H3,(H,20,21)/t10-,15+/m0/s1. The van der Waals surface area contributed by atoms with Crippen molar-refractivity contribution in [1.29, 1.82) is 0 Å². The number of hydrogen-bond acceptors (Lipinski definition) is 7. The van der Waals surface area contributed by atoms with Gasteiger partial charge < -0.3 is 14.7 Å². The molecule has 3 rings (SSSR count). The normalized spacial score (nSPS) is 25.4. The van der Waals surface area contributed by atoms with Crippen LogP contribution in [0.5, 0.6) is 0 Å². The summed E-state index contributed by atoms with van der Waals surface area (Å²) in [6.07, 6.45) is 3.42. The number of methoxy groups -OCH3 is 1. The van der Waals surface area contributed by atoms with Crippen molar-refractivity contribution in [1.82, 2.24) is 4.98 Å². The van der Waals surface area contributed by atoms with Gasteiger partial charge in [-0.3, -0.25) is 14.9 Å². The Bertz CT molecular complexity index is 721. The van der Waals surface area contributed by atoms with E-state index in [1.54, 1.807) is 4.90 Å². The number of carboxylic acid groups (broad SMARTS) is 1. The summed E-state index contributed by atoms with van der Waals surface area (Å²) in [6.45, 7) is 0.607. The molecule has 1 aromatic rings. The number of carbonyl (C=O) groups excluding carboxylic acids is 1. The Kier molecular flexibility index (Phi) is 3.86. The first-order valence-electron chi connectivity index (χ1n) is 7.60. The van der Waals surface area contributed by atoms with Crippen LogP contribution in [0, 0.1) is 21.4 Å². The first-order chi connectivity index (χ1) is 11.4. The van der Waals surface area contributed by atoms with Crippen molar-refractivity contribution in [2.45, 2.75) is 19.3 Å². The van der Waals surface area contributed by atoms with Crippen LogP contribution >= 0.6 is 0 Å². The molecule has 0 bridgehead atoms. The Morgan fingerprint density at radius 3 is 2.88 bits per heavy atom. The number of nitrogens with zero attached hydrogens (tertiary/aromatic N) is 3. The fourth-order valence-electron chi connectivity index (χ4n) is 3.85. The summed E-state index contributed by atoms with van der Waals surface area (Å²) in [6, 6.07) is 1.12. The number of aromatic nitrogens is 1. The zero-order chi connectivity index (χ0) is 17.5. The zero-order valence-electron chi connectivity index (χ0n) is 13.1. The number of anilines is 1. The van der Waals surface area contributed by atoms with Gasteiger partial charge in [0.25, 0.3) is 0 Å². The second-order valence-electron chi connectivity index (χ2n) is 6.25. The highest BCUT2D eigenvalue weighted by molar-refractivity contribution is 5.90. The summed E-state index contributed by atoms with van der Waals surface area (Å²) < 4.78 is 4.55. The summed E-state index contributed by atoms with van der Waals surface area (Å²) in [5.41, 5.74) is -1.20. The van der Waals surface area contributed by atoms with Gasteiger partial charge in [-0.2, -0.15) is 0 Å². The van der Waals surface area contributed by atoms with Gasteiger partial charge in [-0.1, -0.05) is 6.42 Å². The van der Waals surface area contributed by atoms with Gasteiger partial charge in [0.15, 0.2) is 0 Å². The van der Waals surface area contributed by atoms with Gasteiger partial charge in [0.05, 0.1) is 23.0 Å². The number of nitro groups is 1. The van der Waals surface area contributed by atoms with Crippen LogP contribution in [-0.2, 0) is 9.53 Å². The van der Waals surface area contributed by atoms with Gasteiger partial charge >= 0.3 is 17.6 Å². The maximum absolute atomic E-state index is 11.7. The minimum atomic E-state index is -0.865. The first-order valence-corrected chi connectivity index (χ1v) is 7.60. The number of carbonyl (C=O) groups is 2. The Morgan fingerprint density at radius 1 is 1.54 bits per heavy atom. The van der Waals surface area contributed by atoms with E-state index in [-0.39, 0.29) is 29.5 Å². The highest BCUT2D eigenvalue weighted by Gasteiger charge is 2.55. The Hall–Kier alpha value is -2.71. The molecule has 0 aromatic carbocycles. The Labute approximate surface area is 137 Å². The van der Waals surface area contributed by atoms with E-state index in [0.717, 1.165) is 18.9 Å². The molecule has 9 heteroatoms. The molecule has 1 saturated heterocycles. The molecule has 1 aliphatic carbocycles. The van der Waals surface area contributed by atoms with Crippen molar-refractivity contribution in [3.8, 4) is 0 Å². The van der Waals surface area contributed by atoms with E-state index in [9.17, 15) is 24.8 Å². The molecule has 2 heterocycles. The first kappa shape index (κ1) is 16.2. The van der Waals surface area contributed by atoms with Crippen molar-refractivity contribution in [3.05, 3.63) is 27.9 Å². The molecule has 24 heavy (non-hydrogen) atoms. The van der Waals surface area contributed by atoms with Crippen molar-refractivity contribution in [2.75, 3.05) is 25.1 Å². The quantitative estimate of drug-likeness (QED) is 0.498. The predicted octanol–water partition coefficient (Wildman–Crippen LogP) is 1.47. The molecule has 2 fully saturated rings. The molecule has 1 saturated carbocycles. The second kappa shape index (κ2) is 5.73. The van der Waals surface area contributed by atoms with E-state index in [4.69, 9.17) is 0 Å². The molecule has 0 spiro atoms. The fraction of sp³-hybridized carbons (Fsp3) is 0.533. The molecule has 1 aromatic heterocycles. The average Bonchev–Trinajstić information content (AvgIpc) is 3.11. The Balaban J connectivity index is 1.97. The van der Waals surface area contributed by atoms with Crippen LogP contribution in [0.4, 0.5) is 11.5 Å². The van der Waals surface area contributed by atoms with E-state index >= 15 is 0 Å². The number of aliphatic carboxylic acids is 1. The van der Waals surface area contributed by atoms with Gasteiger partial charge in [-0.25, -0.2) is 9.78 Å². The zero-order valence-corrected chi connectivity index (χ0v) is 13.1. The lowest BCUT2D eigenvalue weighted by Gasteiger charge is -2.23. The van der Waals surface area contributed by atoms with Crippen LogP contribution in [-0.4, -0.2) is 47.2 Å². The number of pyridine rings is 1.